The zero-order valence-corrected chi connectivity index (χ0v) is 12.9. The van der Waals surface area contributed by atoms with E-state index in [1.165, 1.54) is 16.4 Å². The van der Waals surface area contributed by atoms with Crippen LogP contribution in [0, 0.1) is 5.92 Å². The Morgan fingerprint density at radius 3 is 2.30 bits per heavy atom. The maximum absolute atomic E-state index is 12.3. The average molecular weight is 299 g/mol. The normalized spacial score (nSPS) is 18.9. The van der Waals surface area contributed by atoms with E-state index in [-0.39, 0.29) is 18.0 Å². The molecule has 0 saturated carbocycles. The minimum Gasteiger partial charge on any atom is -0.493 e. The van der Waals surface area contributed by atoms with E-state index in [9.17, 15) is 13.5 Å². The predicted molar refractivity (Wildman–Crippen MR) is 76.2 cm³/mol. The summed E-state index contributed by atoms with van der Waals surface area (Å²) in [7, 11) is -3.50. The minimum atomic E-state index is -3.50. The van der Waals surface area contributed by atoms with Crippen LogP contribution in [-0.2, 0) is 10.0 Å². The van der Waals surface area contributed by atoms with E-state index in [1.807, 2.05) is 0 Å². The Bertz CT molecular complexity index is 555. The second kappa shape index (κ2) is 5.35. The van der Waals surface area contributed by atoms with Crippen molar-refractivity contribution in [3.63, 3.8) is 0 Å². The number of rotatable bonds is 5. The molecule has 1 aromatic carbocycles. The van der Waals surface area contributed by atoms with Gasteiger partial charge in [-0.3, -0.25) is 0 Å². The van der Waals surface area contributed by atoms with Crippen molar-refractivity contribution in [2.24, 2.45) is 5.92 Å². The third-order valence-electron chi connectivity index (χ3n) is 3.08. The lowest BCUT2D eigenvalue weighted by Gasteiger charge is -2.42. The van der Waals surface area contributed by atoms with Gasteiger partial charge in [-0.1, -0.05) is 13.8 Å². The van der Waals surface area contributed by atoms with Gasteiger partial charge >= 0.3 is 0 Å². The van der Waals surface area contributed by atoms with E-state index in [2.05, 4.69) is 13.8 Å². The zero-order chi connectivity index (χ0) is 15.0. The van der Waals surface area contributed by atoms with E-state index in [0.29, 0.717) is 18.3 Å². The summed E-state index contributed by atoms with van der Waals surface area (Å²) in [4.78, 5) is 0.227. The predicted octanol–water partition coefficient (Wildman–Crippen LogP) is 1.48. The number of ether oxygens (including phenoxy) is 1. The Balaban J connectivity index is 2.06. The van der Waals surface area contributed by atoms with Gasteiger partial charge in [-0.2, -0.15) is 4.31 Å². The van der Waals surface area contributed by atoms with Gasteiger partial charge in [0, 0.05) is 13.1 Å². The maximum atomic E-state index is 12.3. The Hall–Kier alpha value is -1.11. The first-order valence-electron chi connectivity index (χ1n) is 6.66. The molecule has 20 heavy (non-hydrogen) atoms. The van der Waals surface area contributed by atoms with Crippen molar-refractivity contribution in [2.45, 2.75) is 31.3 Å². The second-order valence-corrected chi connectivity index (χ2v) is 7.88. The highest BCUT2D eigenvalue weighted by atomic mass is 32.2. The van der Waals surface area contributed by atoms with E-state index >= 15 is 0 Å². The van der Waals surface area contributed by atoms with Crippen LogP contribution < -0.4 is 4.74 Å². The Labute approximate surface area is 120 Å². The van der Waals surface area contributed by atoms with Crippen molar-refractivity contribution in [2.75, 3.05) is 19.7 Å². The fourth-order valence-electron chi connectivity index (χ4n) is 2.00. The molecule has 0 aliphatic carbocycles. The molecule has 0 radical (unpaired) electrons. The van der Waals surface area contributed by atoms with Crippen LogP contribution >= 0.6 is 0 Å². The fourth-order valence-corrected chi connectivity index (χ4v) is 3.68. The maximum Gasteiger partial charge on any atom is 0.243 e. The SMILES string of the molecule is CC(C)COc1ccc(S(=O)(=O)N2CC(C)(O)C2)cc1. The highest BCUT2D eigenvalue weighted by molar-refractivity contribution is 7.89. The zero-order valence-electron chi connectivity index (χ0n) is 12.0. The summed E-state index contributed by atoms with van der Waals surface area (Å²) in [5, 5.41) is 9.63. The van der Waals surface area contributed by atoms with Crippen LogP contribution in [0.25, 0.3) is 0 Å². The summed E-state index contributed by atoms with van der Waals surface area (Å²) in [5.41, 5.74) is -0.909. The van der Waals surface area contributed by atoms with Crippen LogP contribution in [0.1, 0.15) is 20.8 Å². The Morgan fingerprint density at radius 1 is 1.30 bits per heavy atom. The van der Waals surface area contributed by atoms with E-state index in [1.54, 1.807) is 19.1 Å². The number of sulfonamides is 1. The van der Waals surface area contributed by atoms with Gasteiger partial charge in [-0.05, 0) is 37.1 Å². The van der Waals surface area contributed by atoms with Crippen LogP contribution in [0.2, 0.25) is 0 Å². The lowest BCUT2D eigenvalue weighted by molar-refractivity contribution is -0.0426. The molecule has 6 heteroatoms. The molecule has 0 aromatic heterocycles. The number of β-amino-alcohol motifs (C(OH)–C–C–N with tert-alkyl or cyclic N) is 1. The lowest BCUT2D eigenvalue weighted by Crippen LogP contribution is -2.61. The van der Waals surface area contributed by atoms with Crippen LogP contribution in [-0.4, -0.2) is 43.1 Å². The lowest BCUT2D eigenvalue weighted by atomic mass is 10.0. The van der Waals surface area contributed by atoms with Gasteiger partial charge in [-0.15, -0.1) is 0 Å². The molecule has 0 unspecified atom stereocenters. The number of aliphatic hydroxyl groups is 1. The molecule has 5 nitrogen and oxygen atoms in total. The van der Waals surface area contributed by atoms with Crippen molar-refractivity contribution in [3.05, 3.63) is 24.3 Å². The summed E-state index contributed by atoms with van der Waals surface area (Å²) >= 11 is 0. The monoisotopic (exact) mass is 299 g/mol. The molecule has 112 valence electrons. The molecule has 1 aliphatic rings. The largest absolute Gasteiger partial charge is 0.493 e. The molecule has 1 aliphatic heterocycles. The molecule has 0 amide bonds. The quantitative estimate of drug-likeness (QED) is 0.894. The summed E-state index contributed by atoms with van der Waals surface area (Å²) < 4.78 is 31.3. The molecule has 1 N–H and O–H groups in total. The third-order valence-corrected chi connectivity index (χ3v) is 4.88. The van der Waals surface area contributed by atoms with Gasteiger partial charge in [-0.25, -0.2) is 8.42 Å². The third kappa shape index (κ3) is 3.31. The van der Waals surface area contributed by atoms with Gasteiger partial charge in [0.05, 0.1) is 17.1 Å². The molecule has 0 bridgehead atoms. The summed E-state index contributed by atoms with van der Waals surface area (Å²) in [6, 6.07) is 6.40. The highest BCUT2D eigenvalue weighted by Crippen LogP contribution is 2.28. The van der Waals surface area contributed by atoms with Crippen molar-refractivity contribution in [1.29, 1.82) is 0 Å². The number of hydrogen-bond acceptors (Lipinski definition) is 4. The number of hydrogen-bond donors (Lipinski definition) is 1. The van der Waals surface area contributed by atoms with E-state index < -0.39 is 15.6 Å². The van der Waals surface area contributed by atoms with Gasteiger partial charge in [0.1, 0.15) is 5.75 Å². The molecule has 0 atom stereocenters. The summed E-state index contributed by atoms with van der Waals surface area (Å²) in [5.74, 6) is 1.08. The summed E-state index contributed by atoms with van der Waals surface area (Å²) in [6.07, 6.45) is 0. The molecule has 1 aromatic rings. The Morgan fingerprint density at radius 2 is 1.85 bits per heavy atom. The van der Waals surface area contributed by atoms with Crippen molar-refractivity contribution < 1.29 is 18.3 Å². The van der Waals surface area contributed by atoms with E-state index in [4.69, 9.17) is 4.74 Å². The van der Waals surface area contributed by atoms with Crippen LogP contribution in [0.5, 0.6) is 5.75 Å². The van der Waals surface area contributed by atoms with Crippen LogP contribution in [0.3, 0.4) is 0 Å². The fraction of sp³-hybridized carbons (Fsp3) is 0.571. The standard InChI is InChI=1S/C14H21NO4S/c1-11(2)8-19-12-4-6-13(7-5-12)20(17,18)15-9-14(3,16)10-15/h4-7,11,16H,8-10H2,1-3H3. The molecule has 0 spiro atoms. The van der Waals surface area contributed by atoms with Gasteiger partial charge in [0.2, 0.25) is 10.0 Å². The highest BCUT2D eigenvalue weighted by Gasteiger charge is 2.43. The second-order valence-electron chi connectivity index (χ2n) is 5.95. The van der Waals surface area contributed by atoms with Crippen molar-refractivity contribution in [3.8, 4) is 5.75 Å². The summed E-state index contributed by atoms with van der Waals surface area (Å²) in [6.45, 7) is 6.61. The topological polar surface area (TPSA) is 66.8 Å². The average Bonchev–Trinajstić information content (AvgIpc) is 2.34. The number of nitrogens with zero attached hydrogens (tertiary/aromatic N) is 1. The molecule has 1 heterocycles. The molecular formula is C14H21NO4S. The van der Waals surface area contributed by atoms with Gasteiger partial charge < -0.3 is 9.84 Å². The molecule has 2 rings (SSSR count). The minimum absolute atomic E-state index is 0.140. The molecular weight excluding hydrogens is 278 g/mol. The number of benzene rings is 1. The first-order valence-corrected chi connectivity index (χ1v) is 8.10. The van der Waals surface area contributed by atoms with Crippen molar-refractivity contribution >= 4 is 10.0 Å². The van der Waals surface area contributed by atoms with Gasteiger partial charge in [0.25, 0.3) is 0 Å². The molecule has 1 saturated heterocycles. The smallest absolute Gasteiger partial charge is 0.243 e. The van der Waals surface area contributed by atoms with Gasteiger partial charge in [0.15, 0.2) is 0 Å². The van der Waals surface area contributed by atoms with E-state index in [0.717, 1.165) is 0 Å². The first kappa shape index (κ1) is 15.3. The Kier molecular flexibility index (Phi) is 4.09. The van der Waals surface area contributed by atoms with Crippen molar-refractivity contribution in [1.82, 2.24) is 4.31 Å². The molecule has 1 fully saturated rings. The van der Waals surface area contributed by atoms with Crippen LogP contribution in [0.15, 0.2) is 29.2 Å². The van der Waals surface area contributed by atoms with Crippen LogP contribution in [0.4, 0.5) is 0 Å². The first-order chi connectivity index (χ1) is 9.21.